The number of rotatable bonds is 7. The zero-order chi connectivity index (χ0) is 19.1. The van der Waals surface area contributed by atoms with E-state index in [0.29, 0.717) is 15.8 Å². The van der Waals surface area contributed by atoms with Crippen LogP contribution >= 0.6 is 23.2 Å². The van der Waals surface area contributed by atoms with Crippen LogP contribution in [0.1, 0.15) is 6.92 Å². The van der Waals surface area contributed by atoms with Gasteiger partial charge in [0.25, 0.3) is 5.91 Å². The Morgan fingerprint density at radius 2 is 1.92 bits per heavy atom. The molecular weight excluding hydrogens is 382 g/mol. The Labute approximate surface area is 160 Å². The SMILES string of the molecule is CC(=O)N(CCNC(=O)COc1ccc(Cl)cc1Cl)c1ccccc1F. The summed E-state index contributed by atoms with van der Waals surface area (Å²) in [6, 6.07) is 10.6. The minimum absolute atomic E-state index is 0.129. The number of hydrogen-bond donors (Lipinski definition) is 1. The van der Waals surface area contributed by atoms with Crippen LogP contribution in [0.2, 0.25) is 10.0 Å². The van der Waals surface area contributed by atoms with Gasteiger partial charge in [-0.05, 0) is 30.3 Å². The highest BCUT2D eigenvalue weighted by molar-refractivity contribution is 6.35. The van der Waals surface area contributed by atoms with Crippen molar-refractivity contribution in [2.45, 2.75) is 6.92 Å². The summed E-state index contributed by atoms with van der Waals surface area (Å²) >= 11 is 11.7. The standard InChI is InChI=1S/C18H17Cl2FN2O3/c1-12(24)23(16-5-3-2-4-15(16)21)9-8-22-18(25)11-26-17-7-6-13(19)10-14(17)20/h2-7,10H,8-9,11H2,1H3,(H,22,25). The lowest BCUT2D eigenvalue weighted by Gasteiger charge is -2.21. The van der Waals surface area contributed by atoms with E-state index < -0.39 is 11.7 Å². The van der Waals surface area contributed by atoms with Gasteiger partial charge in [-0.1, -0.05) is 35.3 Å². The Bertz CT molecular complexity index is 802. The third-order valence-electron chi connectivity index (χ3n) is 3.43. The molecule has 0 aromatic heterocycles. The summed E-state index contributed by atoms with van der Waals surface area (Å²) < 4.78 is 19.2. The molecule has 26 heavy (non-hydrogen) atoms. The predicted molar refractivity (Wildman–Crippen MR) is 99.4 cm³/mol. The van der Waals surface area contributed by atoms with Crippen molar-refractivity contribution < 1.29 is 18.7 Å². The van der Waals surface area contributed by atoms with Crippen molar-refractivity contribution in [3.63, 3.8) is 0 Å². The van der Waals surface area contributed by atoms with E-state index in [-0.39, 0.29) is 31.3 Å². The van der Waals surface area contributed by atoms with Crippen LogP contribution in [-0.2, 0) is 9.59 Å². The van der Waals surface area contributed by atoms with Crippen LogP contribution in [0.5, 0.6) is 5.75 Å². The average molecular weight is 399 g/mol. The molecule has 2 aromatic rings. The summed E-state index contributed by atoms with van der Waals surface area (Å²) in [7, 11) is 0. The topological polar surface area (TPSA) is 58.6 Å². The fourth-order valence-electron chi connectivity index (χ4n) is 2.21. The molecule has 0 fully saturated rings. The lowest BCUT2D eigenvalue weighted by molar-refractivity contribution is -0.123. The lowest BCUT2D eigenvalue weighted by Crippen LogP contribution is -2.39. The maximum Gasteiger partial charge on any atom is 0.258 e. The molecule has 138 valence electrons. The van der Waals surface area contributed by atoms with E-state index in [4.69, 9.17) is 27.9 Å². The number of carbonyl (C=O) groups excluding carboxylic acids is 2. The molecule has 0 aliphatic heterocycles. The molecule has 0 heterocycles. The second kappa shape index (κ2) is 9.40. The number of para-hydroxylation sites is 1. The van der Waals surface area contributed by atoms with Crippen LogP contribution in [0.3, 0.4) is 0 Å². The van der Waals surface area contributed by atoms with Crippen molar-refractivity contribution in [3.05, 3.63) is 58.3 Å². The van der Waals surface area contributed by atoms with E-state index in [0.717, 1.165) is 0 Å². The number of nitrogens with one attached hydrogen (secondary N) is 1. The highest BCUT2D eigenvalue weighted by Crippen LogP contribution is 2.27. The Morgan fingerprint density at radius 1 is 1.19 bits per heavy atom. The van der Waals surface area contributed by atoms with Crippen LogP contribution < -0.4 is 15.0 Å². The molecule has 2 amide bonds. The highest BCUT2D eigenvalue weighted by Gasteiger charge is 2.15. The summed E-state index contributed by atoms with van der Waals surface area (Å²) in [5.74, 6) is -0.890. The van der Waals surface area contributed by atoms with Crippen molar-refractivity contribution in [3.8, 4) is 5.75 Å². The van der Waals surface area contributed by atoms with E-state index in [9.17, 15) is 14.0 Å². The summed E-state index contributed by atoms with van der Waals surface area (Å²) in [6.07, 6.45) is 0. The largest absolute Gasteiger partial charge is 0.482 e. The third kappa shape index (κ3) is 5.61. The van der Waals surface area contributed by atoms with E-state index in [2.05, 4.69) is 5.32 Å². The lowest BCUT2D eigenvalue weighted by atomic mass is 10.2. The number of halogens is 3. The molecule has 0 aliphatic carbocycles. The molecule has 0 spiro atoms. The first-order valence-electron chi connectivity index (χ1n) is 7.75. The molecule has 0 bridgehead atoms. The van der Waals surface area contributed by atoms with Gasteiger partial charge in [-0.15, -0.1) is 0 Å². The average Bonchev–Trinajstić information content (AvgIpc) is 2.58. The predicted octanol–water partition coefficient (Wildman–Crippen LogP) is 3.68. The summed E-state index contributed by atoms with van der Waals surface area (Å²) in [5.41, 5.74) is 0.165. The number of nitrogens with zero attached hydrogens (tertiary/aromatic N) is 1. The number of amides is 2. The first kappa shape index (κ1) is 20.0. The van der Waals surface area contributed by atoms with Crippen LogP contribution in [0, 0.1) is 5.82 Å². The van der Waals surface area contributed by atoms with Gasteiger partial charge in [-0.2, -0.15) is 0 Å². The van der Waals surface area contributed by atoms with Gasteiger partial charge in [0, 0.05) is 25.0 Å². The molecule has 0 atom stereocenters. The highest BCUT2D eigenvalue weighted by atomic mass is 35.5. The van der Waals surface area contributed by atoms with Crippen molar-refractivity contribution >= 4 is 40.7 Å². The van der Waals surface area contributed by atoms with Crippen LogP contribution in [0.4, 0.5) is 10.1 Å². The van der Waals surface area contributed by atoms with Gasteiger partial charge in [0.05, 0.1) is 10.7 Å². The van der Waals surface area contributed by atoms with E-state index in [1.54, 1.807) is 18.2 Å². The molecule has 0 saturated heterocycles. The first-order chi connectivity index (χ1) is 12.4. The number of hydrogen-bond acceptors (Lipinski definition) is 3. The Morgan fingerprint density at radius 3 is 2.58 bits per heavy atom. The summed E-state index contributed by atoms with van der Waals surface area (Å²) in [5, 5.41) is 3.37. The number of anilines is 1. The number of carbonyl (C=O) groups is 2. The van der Waals surface area contributed by atoms with Gasteiger partial charge in [0.2, 0.25) is 5.91 Å². The van der Waals surface area contributed by atoms with E-state index >= 15 is 0 Å². The van der Waals surface area contributed by atoms with Crippen molar-refractivity contribution in [2.24, 2.45) is 0 Å². The molecule has 0 aliphatic rings. The third-order valence-corrected chi connectivity index (χ3v) is 3.96. The summed E-state index contributed by atoms with van der Waals surface area (Å²) in [4.78, 5) is 24.9. The van der Waals surface area contributed by atoms with Gasteiger partial charge in [-0.3, -0.25) is 9.59 Å². The molecule has 8 heteroatoms. The second-order valence-electron chi connectivity index (χ2n) is 5.34. The van der Waals surface area contributed by atoms with Gasteiger partial charge in [0.15, 0.2) is 6.61 Å². The minimum Gasteiger partial charge on any atom is -0.482 e. The van der Waals surface area contributed by atoms with Crippen LogP contribution in [0.15, 0.2) is 42.5 Å². The van der Waals surface area contributed by atoms with E-state index in [1.165, 1.54) is 36.1 Å². The Kier molecular flexibility index (Phi) is 7.24. The molecule has 5 nitrogen and oxygen atoms in total. The normalized spacial score (nSPS) is 10.3. The Hall–Kier alpha value is -2.31. The van der Waals surface area contributed by atoms with Crippen molar-refractivity contribution in [1.29, 1.82) is 0 Å². The molecule has 2 aromatic carbocycles. The fraction of sp³-hybridized carbons (Fsp3) is 0.222. The molecule has 1 N–H and O–H groups in total. The van der Waals surface area contributed by atoms with Crippen LogP contribution in [-0.4, -0.2) is 31.5 Å². The maximum atomic E-state index is 13.8. The van der Waals surface area contributed by atoms with Gasteiger partial charge in [0.1, 0.15) is 11.6 Å². The molecule has 0 unspecified atom stereocenters. The molecule has 0 radical (unpaired) electrons. The minimum atomic E-state index is -0.505. The van der Waals surface area contributed by atoms with Crippen molar-refractivity contribution in [1.82, 2.24) is 5.32 Å². The smallest absolute Gasteiger partial charge is 0.258 e. The zero-order valence-electron chi connectivity index (χ0n) is 14.0. The molecule has 0 saturated carbocycles. The fourth-order valence-corrected chi connectivity index (χ4v) is 2.67. The second-order valence-corrected chi connectivity index (χ2v) is 6.18. The first-order valence-corrected chi connectivity index (χ1v) is 8.51. The van der Waals surface area contributed by atoms with Gasteiger partial charge in [-0.25, -0.2) is 4.39 Å². The Balaban J connectivity index is 1.84. The van der Waals surface area contributed by atoms with Crippen LogP contribution in [0.25, 0.3) is 0 Å². The van der Waals surface area contributed by atoms with Crippen molar-refractivity contribution in [2.75, 3.05) is 24.6 Å². The maximum absolute atomic E-state index is 13.8. The van der Waals surface area contributed by atoms with Gasteiger partial charge >= 0.3 is 0 Å². The number of ether oxygens (including phenoxy) is 1. The van der Waals surface area contributed by atoms with E-state index in [1.807, 2.05) is 0 Å². The zero-order valence-corrected chi connectivity index (χ0v) is 15.5. The quantitative estimate of drug-likeness (QED) is 0.773. The molecular formula is C18H17Cl2FN2O3. The molecule has 2 rings (SSSR count). The van der Waals surface area contributed by atoms with Gasteiger partial charge < -0.3 is 15.0 Å². The summed E-state index contributed by atoms with van der Waals surface area (Å²) in [6.45, 7) is 1.36. The number of benzene rings is 2. The monoisotopic (exact) mass is 398 g/mol.